The summed E-state index contributed by atoms with van der Waals surface area (Å²) in [5, 5.41) is 5.07. The van der Waals surface area contributed by atoms with Crippen LogP contribution in [-0.4, -0.2) is 6.54 Å². The van der Waals surface area contributed by atoms with E-state index in [2.05, 4.69) is 58.1 Å². The summed E-state index contributed by atoms with van der Waals surface area (Å²) in [6.07, 6.45) is 2.38. The molecule has 2 aromatic rings. The van der Waals surface area contributed by atoms with Crippen LogP contribution in [0.15, 0.2) is 18.2 Å². The van der Waals surface area contributed by atoms with Crippen LogP contribution in [0.1, 0.15) is 63.0 Å². The number of nitrogens with one attached hydrogen (secondary N) is 1. The molecular weight excluding hydrogens is 274 g/mol. The number of fused-ring (bicyclic) bond motifs is 1. The highest BCUT2D eigenvalue weighted by atomic mass is 32.1. The lowest BCUT2D eigenvalue weighted by atomic mass is 9.96. The predicted molar refractivity (Wildman–Crippen MR) is 96.5 cm³/mol. The maximum absolute atomic E-state index is 3.57. The zero-order valence-corrected chi connectivity index (χ0v) is 14.9. The highest BCUT2D eigenvalue weighted by molar-refractivity contribution is 7.19. The lowest BCUT2D eigenvalue weighted by Gasteiger charge is -2.10. The van der Waals surface area contributed by atoms with Crippen molar-refractivity contribution in [2.45, 2.75) is 59.9 Å². The molecule has 0 aliphatic rings. The minimum atomic E-state index is 0.600. The van der Waals surface area contributed by atoms with E-state index in [-0.39, 0.29) is 0 Å². The standard InChI is InChI=1S/C19H29NS/c1-6-9-20-12-19-16(10-13(2)3)17-11-15(14(4)5)7-8-18(17)21-19/h7-8,11,13-14,20H,6,9-10,12H2,1-5H3. The zero-order chi connectivity index (χ0) is 15.4. The molecule has 0 atom stereocenters. The fourth-order valence-electron chi connectivity index (χ4n) is 2.73. The van der Waals surface area contributed by atoms with Gasteiger partial charge in [-0.05, 0) is 59.9 Å². The third-order valence-corrected chi connectivity index (χ3v) is 5.10. The Bertz CT molecular complexity index is 581. The summed E-state index contributed by atoms with van der Waals surface area (Å²) < 4.78 is 1.45. The van der Waals surface area contributed by atoms with Gasteiger partial charge in [0.15, 0.2) is 0 Å². The van der Waals surface area contributed by atoms with E-state index >= 15 is 0 Å². The van der Waals surface area contributed by atoms with Crippen molar-refractivity contribution in [3.8, 4) is 0 Å². The summed E-state index contributed by atoms with van der Waals surface area (Å²) in [6, 6.07) is 7.05. The summed E-state index contributed by atoms with van der Waals surface area (Å²) in [4.78, 5) is 1.54. The van der Waals surface area contributed by atoms with E-state index in [1.165, 1.54) is 33.4 Å². The summed E-state index contributed by atoms with van der Waals surface area (Å²) in [7, 11) is 0. The molecule has 1 N–H and O–H groups in total. The molecule has 1 nitrogen and oxygen atoms in total. The van der Waals surface area contributed by atoms with Crippen LogP contribution < -0.4 is 5.32 Å². The molecule has 1 heterocycles. The van der Waals surface area contributed by atoms with Gasteiger partial charge in [-0.25, -0.2) is 0 Å². The fraction of sp³-hybridized carbons (Fsp3) is 0.579. The molecule has 0 unspecified atom stereocenters. The molecule has 0 amide bonds. The lowest BCUT2D eigenvalue weighted by Crippen LogP contribution is -2.14. The molecule has 0 radical (unpaired) electrons. The second-order valence-electron chi connectivity index (χ2n) is 6.69. The monoisotopic (exact) mass is 303 g/mol. The van der Waals surface area contributed by atoms with Crippen LogP contribution in [0.4, 0.5) is 0 Å². The summed E-state index contributed by atoms with van der Waals surface area (Å²) >= 11 is 1.97. The molecule has 0 fully saturated rings. The zero-order valence-electron chi connectivity index (χ0n) is 14.1. The first kappa shape index (κ1) is 16.5. The average molecular weight is 304 g/mol. The molecule has 2 heteroatoms. The highest BCUT2D eigenvalue weighted by Crippen LogP contribution is 2.35. The van der Waals surface area contributed by atoms with Crippen molar-refractivity contribution in [3.63, 3.8) is 0 Å². The topological polar surface area (TPSA) is 12.0 Å². The fourth-order valence-corrected chi connectivity index (χ4v) is 3.91. The molecule has 1 aromatic carbocycles. The summed E-state index contributed by atoms with van der Waals surface area (Å²) in [6.45, 7) is 13.5. The second-order valence-corrected chi connectivity index (χ2v) is 7.83. The van der Waals surface area contributed by atoms with E-state index in [1.807, 2.05) is 11.3 Å². The first-order valence-corrected chi connectivity index (χ1v) is 9.09. The molecule has 0 aliphatic carbocycles. The van der Waals surface area contributed by atoms with E-state index in [9.17, 15) is 0 Å². The lowest BCUT2D eigenvalue weighted by molar-refractivity contribution is 0.636. The van der Waals surface area contributed by atoms with Crippen molar-refractivity contribution in [1.29, 1.82) is 0 Å². The molecular formula is C19H29NS. The van der Waals surface area contributed by atoms with E-state index in [0.29, 0.717) is 11.8 Å². The van der Waals surface area contributed by atoms with Crippen LogP contribution in [0.5, 0.6) is 0 Å². The number of hydrogen-bond acceptors (Lipinski definition) is 2. The van der Waals surface area contributed by atoms with Crippen LogP contribution in [0.25, 0.3) is 10.1 Å². The largest absolute Gasteiger partial charge is 0.312 e. The quantitative estimate of drug-likeness (QED) is 0.645. The van der Waals surface area contributed by atoms with Gasteiger partial charge in [-0.1, -0.05) is 40.7 Å². The number of rotatable bonds is 7. The Labute approximate surface area is 133 Å². The van der Waals surface area contributed by atoms with Gasteiger partial charge in [0.2, 0.25) is 0 Å². The normalized spacial score (nSPS) is 12.0. The SMILES string of the molecule is CCCNCc1sc2ccc(C(C)C)cc2c1CC(C)C. The molecule has 2 rings (SSSR count). The van der Waals surface area contributed by atoms with E-state index < -0.39 is 0 Å². The Morgan fingerprint density at radius 2 is 1.90 bits per heavy atom. The van der Waals surface area contributed by atoms with Crippen molar-refractivity contribution < 1.29 is 0 Å². The molecule has 0 bridgehead atoms. The number of hydrogen-bond donors (Lipinski definition) is 1. The minimum Gasteiger partial charge on any atom is -0.312 e. The maximum Gasteiger partial charge on any atom is 0.0349 e. The van der Waals surface area contributed by atoms with Crippen molar-refractivity contribution >= 4 is 21.4 Å². The van der Waals surface area contributed by atoms with Crippen molar-refractivity contribution in [2.24, 2.45) is 5.92 Å². The van der Waals surface area contributed by atoms with E-state index in [4.69, 9.17) is 0 Å². The number of benzene rings is 1. The van der Waals surface area contributed by atoms with Crippen LogP contribution in [0, 0.1) is 5.92 Å². The smallest absolute Gasteiger partial charge is 0.0349 e. The van der Waals surface area contributed by atoms with Crippen molar-refractivity contribution in [3.05, 3.63) is 34.2 Å². The number of thiophene rings is 1. The molecule has 21 heavy (non-hydrogen) atoms. The maximum atomic E-state index is 3.57. The molecule has 0 saturated heterocycles. The van der Waals surface area contributed by atoms with Crippen LogP contribution in [0.2, 0.25) is 0 Å². The molecule has 1 aromatic heterocycles. The van der Waals surface area contributed by atoms with Gasteiger partial charge in [-0.2, -0.15) is 0 Å². The van der Waals surface area contributed by atoms with Crippen LogP contribution >= 0.6 is 11.3 Å². The van der Waals surface area contributed by atoms with Gasteiger partial charge in [-0.3, -0.25) is 0 Å². The molecule has 0 aliphatic heterocycles. The first-order valence-electron chi connectivity index (χ1n) is 8.27. The molecule has 0 saturated carbocycles. The highest BCUT2D eigenvalue weighted by Gasteiger charge is 2.14. The van der Waals surface area contributed by atoms with E-state index in [0.717, 1.165) is 13.1 Å². The van der Waals surface area contributed by atoms with Crippen molar-refractivity contribution in [2.75, 3.05) is 6.54 Å². The van der Waals surface area contributed by atoms with Crippen LogP contribution in [0.3, 0.4) is 0 Å². The Balaban J connectivity index is 2.41. The Kier molecular flexibility index (Phi) is 5.83. The van der Waals surface area contributed by atoms with Crippen LogP contribution in [-0.2, 0) is 13.0 Å². The van der Waals surface area contributed by atoms with Gasteiger partial charge in [0.1, 0.15) is 0 Å². The van der Waals surface area contributed by atoms with E-state index in [1.54, 1.807) is 5.56 Å². The predicted octanol–water partition coefficient (Wildman–Crippen LogP) is 5.72. The Morgan fingerprint density at radius 3 is 2.52 bits per heavy atom. The third kappa shape index (κ3) is 4.08. The minimum absolute atomic E-state index is 0.600. The third-order valence-electron chi connectivity index (χ3n) is 3.89. The van der Waals surface area contributed by atoms with Gasteiger partial charge in [0, 0.05) is 16.1 Å². The second kappa shape index (κ2) is 7.42. The molecule has 116 valence electrons. The van der Waals surface area contributed by atoms with Crippen molar-refractivity contribution in [1.82, 2.24) is 5.32 Å². The van der Waals surface area contributed by atoms with Gasteiger partial charge in [0.25, 0.3) is 0 Å². The summed E-state index contributed by atoms with van der Waals surface area (Å²) in [5.41, 5.74) is 3.04. The first-order chi connectivity index (χ1) is 10.0. The van der Waals surface area contributed by atoms with Gasteiger partial charge < -0.3 is 5.32 Å². The Morgan fingerprint density at radius 1 is 1.14 bits per heavy atom. The van der Waals surface area contributed by atoms with Gasteiger partial charge in [0.05, 0.1) is 0 Å². The Hall–Kier alpha value is -0.860. The average Bonchev–Trinajstić information content (AvgIpc) is 2.76. The van der Waals surface area contributed by atoms with Gasteiger partial charge in [-0.15, -0.1) is 11.3 Å². The van der Waals surface area contributed by atoms with Gasteiger partial charge >= 0.3 is 0 Å². The molecule has 0 spiro atoms. The summed E-state index contributed by atoms with van der Waals surface area (Å²) in [5.74, 6) is 1.30.